The second kappa shape index (κ2) is 13.4. The summed E-state index contributed by atoms with van der Waals surface area (Å²) in [5.41, 5.74) is 1.56. The molecule has 0 saturated heterocycles. The number of benzene rings is 3. The van der Waals surface area contributed by atoms with Gasteiger partial charge in [-0.2, -0.15) is 18.4 Å². The first-order valence-electron chi connectivity index (χ1n) is 12.3. The maximum absolute atomic E-state index is 13.8. The summed E-state index contributed by atoms with van der Waals surface area (Å²) in [4.78, 5) is 17.4. The third kappa shape index (κ3) is 7.66. The number of methoxy groups -OCH3 is 2. The zero-order valence-electron chi connectivity index (χ0n) is 22.2. The van der Waals surface area contributed by atoms with E-state index >= 15 is 0 Å². The van der Waals surface area contributed by atoms with Gasteiger partial charge in [-0.15, -0.1) is 0 Å². The van der Waals surface area contributed by atoms with Crippen LogP contribution in [0.5, 0.6) is 11.5 Å². The molecular weight excluding hydrogens is 525 g/mol. The van der Waals surface area contributed by atoms with Crippen molar-refractivity contribution in [1.29, 1.82) is 5.26 Å². The summed E-state index contributed by atoms with van der Waals surface area (Å²) in [6.07, 6.45) is -3.02. The van der Waals surface area contributed by atoms with Gasteiger partial charge in [-0.3, -0.25) is 15.1 Å². The summed E-state index contributed by atoms with van der Waals surface area (Å²) < 4.78 is 52.1. The Labute approximate surface area is 230 Å². The SMILES string of the molecule is CCN=C(NC#N)N(Cc1ccc(OC)cc1)Cc1cc(C(F)(F)F)ccc1-c1cc(CC(=O)O)ccc1OC. The van der Waals surface area contributed by atoms with Crippen molar-refractivity contribution in [2.75, 3.05) is 20.8 Å². The van der Waals surface area contributed by atoms with Crippen LogP contribution < -0.4 is 14.8 Å². The van der Waals surface area contributed by atoms with E-state index in [9.17, 15) is 28.3 Å². The molecule has 0 aliphatic carbocycles. The maximum atomic E-state index is 13.8. The first-order valence-corrected chi connectivity index (χ1v) is 12.3. The molecule has 2 N–H and O–H groups in total. The Kier molecular flexibility index (Phi) is 9.97. The molecule has 0 spiro atoms. The summed E-state index contributed by atoms with van der Waals surface area (Å²) in [5.74, 6) is 0.157. The normalized spacial score (nSPS) is 11.5. The number of aliphatic carboxylic acids is 1. The molecule has 0 bridgehead atoms. The molecule has 0 unspecified atom stereocenters. The van der Waals surface area contributed by atoms with Crippen molar-refractivity contribution in [3.8, 4) is 28.8 Å². The predicted molar refractivity (Wildman–Crippen MR) is 144 cm³/mol. The molecule has 0 aliphatic rings. The Morgan fingerprint density at radius 2 is 1.70 bits per heavy atom. The molecule has 11 heteroatoms. The van der Waals surface area contributed by atoms with E-state index in [4.69, 9.17) is 9.47 Å². The molecule has 0 aromatic heterocycles. The number of carboxylic acids is 1. The molecule has 0 aliphatic heterocycles. The van der Waals surface area contributed by atoms with Gasteiger partial charge in [0.2, 0.25) is 5.96 Å². The molecule has 3 aromatic carbocycles. The van der Waals surface area contributed by atoms with E-state index in [0.717, 1.165) is 17.7 Å². The van der Waals surface area contributed by atoms with Crippen molar-refractivity contribution in [2.24, 2.45) is 4.99 Å². The Morgan fingerprint density at radius 3 is 2.27 bits per heavy atom. The fourth-order valence-electron chi connectivity index (χ4n) is 4.19. The molecule has 0 radical (unpaired) electrons. The Bertz CT molecular complexity index is 1400. The smallest absolute Gasteiger partial charge is 0.416 e. The first kappa shape index (κ1) is 29.8. The highest BCUT2D eigenvalue weighted by molar-refractivity contribution is 5.82. The second-order valence-electron chi connectivity index (χ2n) is 8.71. The molecule has 210 valence electrons. The van der Waals surface area contributed by atoms with E-state index in [0.29, 0.717) is 34.7 Å². The number of rotatable bonds is 10. The lowest BCUT2D eigenvalue weighted by atomic mass is 9.94. The van der Waals surface area contributed by atoms with Crippen LogP contribution in [-0.4, -0.2) is 42.7 Å². The van der Waals surface area contributed by atoms with Crippen molar-refractivity contribution in [1.82, 2.24) is 10.2 Å². The van der Waals surface area contributed by atoms with E-state index in [1.807, 2.05) is 18.3 Å². The number of hydrogen-bond donors (Lipinski definition) is 2. The zero-order chi connectivity index (χ0) is 29.3. The summed E-state index contributed by atoms with van der Waals surface area (Å²) in [6.45, 7) is 2.25. The van der Waals surface area contributed by atoms with Crippen LogP contribution in [0.4, 0.5) is 13.2 Å². The Hall–Kier alpha value is -4.72. The summed E-state index contributed by atoms with van der Waals surface area (Å²) in [5, 5.41) is 21.2. The zero-order valence-corrected chi connectivity index (χ0v) is 22.2. The molecular formula is C29H29F3N4O4. The van der Waals surface area contributed by atoms with Gasteiger partial charge in [0.15, 0.2) is 6.19 Å². The van der Waals surface area contributed by atoms with E-state index < -0.39 is 17.7 Å². The van der Waals surface area contributed by atoms with Crippen LogP contribution in [0, 0.1) is 11.5 Å². The Balaban J connectivity index is 2.18. The third-order valence-corrected chi connectivity index (χ3v) is 6.01. The largest absolute Gasteiger partial charge is 0.497 e. The first-order chi connectivity index (χ1) is 19.1. The van der Waals surface area contributed by atoms with Gasteiger partial charge < -0.3 is 19.5 Å². The number of ether oxygens (including phenoxy) is 2. The minimum absolute atomic E-state index is 0.0644. The van der Waals surface area contributed by atoms with Crippen LogP contribution in [-0.2, 0) is 30.5 Å². The second-order valence-corrected chi connectivity index (χ2v) is 8.71. The number of nitrogens with one attached hydrogen (secondary N) is 1. The molecule has 0 amide bonds. The lowest BCUT2D eigenvalue weighted by Gasteiger charge is -2.27. The van der Waals surface area contributed by atoms with Crippen LogP contribution in [0.2, 0.25) is 0 Å². The van der Waals surface area contributed by atoms with Gasteiger partial charge in [0.05, 0.1) is 26.2 Å². The fraction of sp³-hybridized carbons (Fsp3) is 0.276. The average molecular weight is 555 g/mol. The third-order valence-electron chi connectivity index (χ3n) is 6.01. The minimum Gasteiger partial charge on any atom is -0.497 e. The number of halogens is 3. The van der Waals surface area contributed by atoms with Gasteiger partial charge in [-0.1, -0.05) is 24.3 Å². The number of alkyl halides is 3. The summed E-state index contributed by atoms with van der Waals surface area (Å²) in [6, 6.07) is 15.3. The van der Waals surface area contributed by atoms with Crippen LogP contribution in [0.1, 0.15) is 29.2 Å². The highest BCUT2D eigenvalue weighted by Crippen LogP contribution is 2.38. The highest BCUT2D eigenvalue weighted by Gasteiger charge is 2.32. The fourth-order valence-corrected chi connectivity index (χ4v) is 4.19. The standard InChI is InChI=1S/C29H29F3N4O4/c1-4-34-28(35-18-33)36(16-19-5-9-23(39-2)10-6-19)17-21-15-22(29(30,31)32)8-11-24(21)25-13-20(14-27(37)38)7-12-26(25)40-3/h5-13,15H,4,14,16-17H2,1-3H3,(H,34,35)(H,37,38). The van der Waals surface area contributed by atoms with Gasteiger partial charge >= 0.3 is 12.1 Å². The number of hydrogen-bond acceptors (Lipinski definition) is 5. The lowest BCUT2D eigenvalue weighted by molar-refractivity contribution is -0.138. The van der Waals surface area contributed by atoms with E-state index in [1.165, 1.54) is 13.2 Å². The molecule has 3 aromatic rings. The van der Waals surface area contributed by atoms with Gasteiger partial charge in [0, 0.05) is 25.2 Å². The van der Waals surface area contributed by atoms with Crippen LogP contribution in [0.15, 0.2) is 65.7 Å². The van der Waals surface area contributed by atoms with E-state index in [2.05, 4.69) is 10.3 Å². The summed E-state index contributed by atoms with van der Waals surface area (Å²) >= 11 is 0. The molecule has 0 saturated carbocycles. The quantitative estimate of drug-likeness (QED) is 0.148. The van der Waals surface area contributed by atoms with E-state index in [1.54, 1.807) is 49.3 Å². The molecule has 0 atom stereocenters. The lowest BCUT2D eigenvalue weighted by Crippen LogP contribution is -2.38. The van der Waals surface area contributed by atoms with Crippen LogP contribution >= 0.6 is 0 Å². The Morgan fingerprint density at radius 1 is 1.00 bits per heavy atom. The average Bonchev–Trinajstić information content (AvgIpc) is 2.92. The van der Waals surface area contributed by atoms with Crippen molar-refractivity contribution in [3.63, 3.8) is 0 Å². The topological polar surface area (TPSA) is 107 Å². The molecule has 40 heavy (non-hydrogen) atoms. The molecule has 0 fully saturated rings. The molecule has 0 heterocycles. The van der Waals surface area contributed by atoms with Crippen LogP contribution in [0.25, 0.3) is 11.1 Å². The van der Waals surface area contributed by atoms with Gasteiger partial charge in [-0.05, 0) is 65.6 Å². The monoisotopic (exact) mass is 554 g/mol. The van der Waals surface area contributed by atoms with Crippen molar-refractivity contribution >= 4 is 11.9 Å². The number of carbonyl (C=O) groups is 1. The number of nitriles is 1. The van der Waals surface area contributed by atoms with Gasteiger partial charge in [-0.25, -0.2) is 0 Å². The van der Waals surface area contributed by atoms with E-state index in [-0.39, 0.29) is 31.0 Å². The number of guanidine groups is 1. The number of nitrogens with zero attached hydrogens (tertiary/aromatic N) is 3. The number of aliphatic imine (C=N–C) groups is 1. The molecule has 8 nitrogen and oxygen atoms in total. The maximum Gasteiger partial charge on any atom is 0.416 e. The highest BCUT2D eigenvalue weighted by atomic mass is 19.4. The van der Waals surface area contributed by atoms with Crippen molar-refractivity contribution in [2.45, 2.75) is 32.6 Å². The summed E-state index contributed by atoms with van der Waals surface area (Å²) in [7, 11) is 2.97. The van der Waals surface area contributed by atoms with Gasteiger partial charge in [0.25, 0.3) is 0 Å². The predicted octanol–water partition coefficient (Wildman–Crippen LogP) is 5.47. The van der Waals surface area contributed by atoms with Crippen molar-refractivity contribution in [3.05, 3.63) is 82.9 Å². The minimum atomic E-state index is -4.60. The molecule has 3 rings (SSSR count). The van der Waals surface area contributed by atoms with Crippen molar-refractivity contribution < 1.29 is 32.5 Å². The van der Waals surface area contributed by atoms with Gasteiger partial charge in [0.1, 0.15) is 11.5 Å². The van der Waals surface area contributed by atoms with Crippen LogP contribution in [0.3, 0.4) is 0 Å². The number of carboxylic acid groups (broad SMARTS) is 1.